The lowest BCUT2D eigenvalue weighted by Crippen LogP contribution is -2.62. The van der Waals surface area contributed by atoms with Crippen molar-refractivity contribution in [2.75, 3.05) is 13.2 Å². The highest BCUT2D eigenvalue weighted by molar-refractivity contribution is 5.11. The molecule has 4 heteroatoms. The van der Waals surface area contributed by atoms with Crippen LogP contribution in [0.3, 0.4) is 0 Å². The van der Waals surface area contributed by atoms with Crippen molar-refractivity contribution in [3.05, 3.63) is 0 Å². The van der Waals surface area contributed by atoms with E-state index in [9.17, 15) is 15.3 Å². The van der Waals surface area contributed by atoms with Gasteiger partial charge in [-0.25, -0.2) is 0 Å². The van der Waals surface area contributed by atoms with Gasteiger partial charge in [0.15, 0.2) is 0 Å². The van der Waals surface area contributed by atoms with Crippen LogP contribution in [0.25, 0.3) is 0 Å². The maximum Gasteiger partial charge on any atom is 0.0659 e. The quantitative estimate of drug-likeness (QED) is 0.591. The van der Waals surface area contributed by atoms with Gasteiger partial charge in [0.1, 0.15) is 0 Å². The second kappa shape index (κ2) is 4.69. The molecular weight excluding hydrogens is 242 g/mol. The molecule has 0 saturated heterocycles. The average Bonchev–Trinajstić information content (AvgIpc) is 2.32. The average molecular weight is 269 g/mol. The van der Waals surface area contributed by atoms with Crippen LogP contribution in [0.15, 0.2) is 0 Å². The SMILES string of the molecule is C[C@@H](NC(CO)CO)C12C[C@@H]3C[C@H](CC(O)(C3)C1)C2. The van der Waals surface area contributed by atoms with Crippen LogP contribution in [-0.2, 0) is 0 Å². The number of hydrogen-bond acceptors (Lipinski definition) is 4. The van der Waals surface area contributed by atoms with Gasteiger partial charge in [0.2, 0.25) is 0 Å². The molecule has 0 aromatic heterocycles. The Kier molecular flexibility index (Phi) is 3.41. The molecule has 110 valence electrons. The Bertz CT molecular complexity index is 328. The predicted octanol–water partition coefficient (Wildman–Crippen LogP) is 0.649. The van der Waals surface area contributed by atoms with Gasteiger partial charge < -0.3 is 20.6 Å². The molecule has 19 heavy (non-hydrogen) atoms. The Labute approximate surface area is 115 Å². The monoisotopic (exact) mass is 269 g/mol. The van der Waals surface area contributed by atoms with Crippen LogP contribution < -0.4 is 5.32 Å². The van der Waals surface area contributed by atoms with Crippen molar-refractivity contribution < 1.29 is 15.3 Å². The lowest BCUT2D eigenvalue weighted by atomic mass is 9.46. The Morgan fingerprint density at radius 1 is 1.11 bits per heavy atom. The van der Waals surface area contributed by atoms with Gasteiger partial charge in [0.25, 0.3) is 0 Å². The van der Waals surface area contributed by atoms with E-state index in [1.54, 1.807) is 0 Å². The topological polar surface area (TPSA) is 72.7 Å². The van der Waals surface area contributed by atoms with E-state index in [1.807, 2.05) is 0 Å². The second-order valence-electron chi connectivity index (χ2n) is 7.50. The molecule has 4 fully saturated rings. The molecule has 4 aliphatic carbocycles. The third kappa shape index (κ3) is 2.33. The maximum absolute atomic E-state index is 10.7. The second-order valence-corrected chi connectivity index (χ2v) is 7.50. The van der Waals surface area contributed by atoms with Crippen molar-refractivity contribution in [2.45, 2.75) is 63.1 Å². The molecule has 4 nitrogen and oxygen atoms in total. The standard InChI is InChI=1S/C15H27NO3/c1-10(16-13(7-17)8-18)14-3-11-2-12(4-14)6-15(19,5-11)9-14/h10-13,16-19H,2-9H2,1H3/t10-,11+,12+,14?,15?/m1/s1. The number of hydrogen-bond donors (Lipinski definition) is 4. The van der Waals surface area contributed by atoms with E-state index in [0.717, 1.165) is 19.3 Å². The number of nitrogens with one attached hydrogen (secondary N) is 1. The summed E-state index contributed by atoms with van der Waals surface area (Å²) in [6.45, 7) is 2.09. The summed E-state index contributed by atoms with van der Waals surface area (Å²) < 4.78 is 0. The summed E-state index contributed by atoms with van der Waals surface area (Å²) in [5, 5.41) is 32.6. The first-order valence-electron chi connectivity index (χ1n) is 7.69. The first-order chi connectivity index (χ1) is 8.98. The van der Waals surface area contributed by atoms with E-state index in [4.69, 9.17) is 0 Å². The van der Waals surface area contributed by atoms with Gasteiger partial charge in [-0.15, -0.1) is 0 Å². The van der Waals surface area contributed by atoms with E-state index in [-0.39, 0.29) is 30.7 Å². The lowest BCUT2D eigenvalue weighted by Gasteiger charge is -2.62. The minimum Gasteiger partial charge on any atom is -0.395 e. The van der Waals surface area contributed by atoms with Crippen LogP contribution >= 0.6 is 0 Å². The van der Waals surface area contributed by atoms with Crippen LogP contribution in [0, 0.1) is 17.3 Å². The maximum atomic E-state index is 10.7. The van der Waals surface area contributed by atoms with Gasteiger partial charge in [-0.2, -0.15) is 0 Å². The molecule has 0 aliphatic heterocycles. The van der Waals surface area contributed by atoms with Crippen molar-refractivity contribution >= 4 is 0 Å². The van der Waals surface area contributed by atoms with Gasteiger partial charge in [-0.05, 0) is 62.7 Å². The first kappa shape index (κ1) is 13.8. The van der Waals surface area contributed by atoms with Crippen molar-refractivity contribution in [3.63, 3.8) is 0 Å². The van der Waals surface area contributed by atoms with Crippen molar-refractivity contribution in [1.29, 1.82) is 0 Å². The van der Waals surface area contributed by atoms with E-state index in [0.29, 0.717) is 11.8 Å². The van der Waals surface area contributed by atoms with Crippen molar-refractivity contribution in [2.24, 2.45) is 17.3 Å². The van der Waals surface area contributed by atoms with Crippen LogP contribution in [0.2, 0.25) is 0 Å². The molecule has 4 N–H and O–H groups in total. The molecule has 0 aromatic carbocycles. The number of rotatable bonds is 5. The largest absolute Gasteiger partial charge is 0.395 e. The molecule has 0 unspecified atom stereocenters. The Morgan fingerprint density at radius 3 is 2.16 bits per heavy atom. The normalized spacial score (nSPS) is 45.9. The predicted molar refractivity (Wildman–Crippen MR) is 72.6 cm³/mol. The summed E-state index contributed by atoms with van der Waals surface area (Å²) in [6, 6.07) is 0.00636. The summed E-state index contributed by atoms with van der Waals surface area (Å²) >= 11 is 0. The smallest absolute Gasteiger partial charge is 0.0659 e. The highest BCUT2D eigenvalue weighted by Gasteiger charge is 2.58. The molecular formula is C15H27NO3. The molecule has 0 amide bonds. The molecule has 0 spiro atoms. The number of aliphatic hydroxyl groups excluding tert-OH is 2. The van der Waals surface area contributed by atoms with Crippen molar-refractivity contribution in [1.82, 2.24) is 5.32 Å². The fourth-order valence-corrected chi connectivity index (χ4v) is 5.48. The Hall–Kier alpha value is -0.160. The Balaban J connectivity index is 1.76. The van der Waals surface area contributed by atoms with Gasteiger partial charge in [0, 0.05) is 6.04 Å². The molecule has 0 aromatic rings. The summed E-state index contributed by atoms with van der Waals surface area (Å²) in [5.41, 5.74) is -0.268. The highest BCUT2D eigenvalue weighted by Crippen LogP contribution is 2.62. The third-order valence-electron chi connectivity index (χ3n) is 5.92. The van der Waals surface area contributed by atoms with Crippen molar-refractivity contribution in [3.8, 4) is 0 Å². The molecule has 0 radical (unpaired) electrons. The summed E-state index contributed by atoms with van der Waals surface area (Å²) in [4.78, 5) is 0. The molecule has 4 aliphatic rings. The van der Waals surface area contributed by atoms with Gasteiger partial charge in [-0.1, -0.05) is 0 Å². The zero-order valence-corrected chi connectivity index (χ0v) is 11.8. The summed E-state index contributed by atoms with van der Waals surface area (Å²) in [7, 11) is 0. The van der Waals surface area contributed by atoms with Crippen LogP contribution in [0.5, 0.6) is 0 Å². The lowest BCUT2D eigenvalue weighted by molar-refractivity contribution is -0.173. The molecule has 4 bridgehead atoms. The fourth-order valence-electron chi connectivity index (χ4n) is 5.48. The zero-order valence-electron chi connectivity index (χ0n) is 11.8. The highest BCUT2D eigenvalue weighted by atomic mass is 16.3. The van der Waals surface area contributed by atoms with Gasteiger partial charge in [0.05, 0.1) is 24.9 Å². The minimum absolute atomic E-state index is 0.0337. The first-order valence-corrected chi connectivity index (χ1v) is 7.69. The Morgan fingerprint density at radius 2 is 1.68 bits per heavy atom. The zero-order chi connectivity index (χ0) is 13.7. The van der Waals surface area contributed by atoms with Crippen LogP contribution in [0.4, 0.5) is 0 Å². The van der Waals surface area contributed by atoms with Crippen LogP contribution in [-0.4, -0.2) is 46.2 Å². The van der Waals surface area contributed by atoms with Gasteiger partial charge in [-0.3, -0.25) is 0 Å². The fraction of sp³-hybridized carbons (Fsp3) is 1.00. The molecule has 0 heterocycles. The van der Waals surface area contributed by atoms with E-state index >= 15 is 0 Å². The number of aliphatic hydroxyl groups is 3. The van der Waals surface area contributed by atoms with E-state index < -0.39 is 5.60 Å². The summed E-state index contributed by atoms with van der Waals surface area (Å²) in [6.07, 6.45) is 6.56. The van der Waals surface area contributed by atoms with Crippen LogP contribution in [0.1, 0.15) is 45.4 Å². The van der Waals surface area contributed by atoms with Gasteiger partial charge >= 0.3 is 0 Å². The van der Waals surface area contributed by atoms with E-state index in [2.05, 4.69) is 12.2 Å². The molecule has 3 atom stereocenters. The summed E-state index contributed by atoms with van der Waals surface area (Å²) in [5.74, 6) is 1.36. The molecule has 4 rings (SSSR count). The van der Waals surface area contributed by atoms with E-state index in [1.165, 1.54) is 19.3 Å². The molecule has 4 saturated carbocycles. The minimum atomic E-state index is -0.437. The third-order valence-corrected chi connectivity index (χ3v) is 5.92.